The van der Waals surface area contributed by atoms with Crippen molar-refractivity contribution in [2.24, 2.45) is 0 Å². The van der Waals surface area contributed by atoms with Crippen LogP contribution in [0.3, 0.4) is 0 Å². The van der Waals surface area contributed by atoms with Gasteiger partial charge in [0.1, 0.15) is 17.6 Å². The molecule has 0 spiro atoms. The van der Waals surface area contributed by atoms with Crippen LogP contribution in [0.5, 0.6) is 11.5 Å². The van der Waals surface area contributed by atoms with Gasteiger partial charge in [-0.25, -0.2) is 0 Å². The number of benzene rings is 2. The van der Waals surface area contributed by atoms with Crippen molar-refractivity contribution >= 4 is 0 Å². The third kappa shape index (κ3) is 4.23. The number of nitrogens with one attached hydrogen (secondary N) is 1. The quantitative estimate of drug-likeness (QED) is 0.854. The molecule has 0 heterocycles. The molecule has 21 heavy (non-hydrogen) atoms. The highest BCUT2D eigenvalue weighted by Gasteiger charge is 2.06. The van der Waals surface area contributed by atoms with E-state index < -0.39 is 0 Å². The summed E-state index contributed by atoms with van der Waals surface area (Å²) in [7, 11) is 0. The monoisotopic (exact) mass is 282 g/mol. The molecule has 0 aliphatic heterocycles. The predicted octanol–water partition coefficient (Wildman–Crippen LogP) is 3.15. The van der Waals surface area contributed by atoms with E-state index in [2.05, 4.69) is 12.2 Å². The van der Waals surface area contributed by atoms with Crippen LogP contribution in [0.4, 0.5) is 0 Å². The molecule has 4 nitrogen and oxygen atoms in total. The lowest BCUT2D eigenvalue weighted by atomic mass is 10.1. The Morgan fingerprint density at radius 3 is 2.57 bits per heavy atom. The van der Waals surface area contributed by atoms with Gasteiger partial charge < -0.3 is 15.2 Å². The molecule has 2 aromatic carbocycles. The summed E-state index contributed by atoms with van der Waals surface area (Å²) < 4.78 is 5.22. The third-order valence-electron chi connectivity index (χ3n) is 3.27. The summed E-state index contributed by atoms with van der Waals surface area (Å²) in [4.78, 5) is 0. The molecular formula is C17H18N2O2. The number of ether oxygens (including phenoxy) is 1. The van der Waals surface area contributed by atoms with E-state index in [9.17, 15) is 5.11 Å². The molecule has 0 radical (unpaired) electrons. The van der Waals surface area contributed by atoms with Crippen LogP contribution in [0.1, 0.15) is 24.1 Å². The number of nitrogens with zero attached hydrogens (tertiary/aromatic N) is 1. The molecule has 0 aliphatic rings. The molecule has 1 atom stereocenters. The Balaban J connectivity index is 1.93. The molecule has 0 saturated heterocycles. The van der Waals surface area contributed by atoms with Gasteiger partial charge in [0, 0.05) is 18.2 Å². The largest absolute Gasteiger partial charge is 0.508 e. The minimum Gasteiger partial charge on any atom is -0.508 e. The molecule has 0 fully saturated rings. The van der Waals surface area contributed by atoms with Crippen LogP contribution in [-0.4, -0.2) is 11.7 Å². The average Bonchev–Trinajstić information content (AvgIpc) is 2.52. The van der Waals surface area contributed by atoms with Crippen LogP contribution in [-0.2, 0) is 6.54 Å². The van der Waals surface area contributed by atoms with Crippen molar-refractivity contribution in [2.75, 3.05) is 6.61 Å². The minimum absolute atomic E-state index is 0.0560. The Morgan fingerprint density at radius 1 is 1.19 bits per heavy atom. The van der Waals surface area contributed by atoms with Crippen molar-refractivity contribution in [3.05, 3.63) is 59.7 Å². The molecule has 0 aromatic heterocycles. The van der Waals surface area contributed by atoms with Crippen LogP contribution < -0.4 is 10.1 Å². The van der Waals surface area contributed by atoms with Crippen molar-refractivity contribution in [3.63, 3.8) is 0 Å². The highest BCUT2D eigenvalue weighted by atomic mass is 16.5. The second-order valence-electron chi connectivity index (χ2n) is 4.75. The lowest BCUT2D eigenvalue weighted by Gasteiger charge is -2.15. The van der Waals surface area contributed by atoms with E-state index in [1.807, 2.05) is 48.5 Å². The maximum atomic E-state index is 9.73. The third-order valence-corrected chi connectivity index (χ3v) is 3.27. The number of phenols is 1. The summed E-state index contributed by atoms with van der Waals surface area (Å²) in [5.74, 6) is 0.991. The fourth-order valence-electron chi connectivity index (χ4n) is 2.01. The summed E-state index contributed by atoms with van der Waals surface area (Å²) >= 11 is 0. The Morgan fingerprint density at radius 2 is 1.90 bits per heavy atom. The second-order valence-corrected chi connectivity index (χ2v) is 4.75. The van der Waals surface area contributed by atoms with Crippen molar-refractivity contribution < 1.29 is 9.84 Å². The Bertz CT molecular complexity index is 617. The number of aromatic hydroxyl groups is 1. The molecule has 2 rings (SSSR count). The first-order valence-electron chi connectivity index (χ1n) is 6.80. The van der Waals surface area contributed by atoms with Gasteiger partial charge >= 0.3 is 0 Å². The van der Waals surface area contributed by atoms with Crippen LogP contribution in [0.15, 0.2) is 48.5 Å². The van der Waals surface area contributed by atoms with Gasteiger partial charge in [-0.05, 0) is 30.7 Å². The fraction of sp³-hybridized carbons (Fsp3) is 0.235. The number of phenolic OH excluding ortho intramolecular Hbond substituents is 1. The number of rotatable bonds is 6. The zero-order valence-corrected chi connectivity index (χ0v) is 11.9. The van der Waals surface area contributed by atoms with Gasteiger partial charge in [-0.3, -0.25) is 0 Å². The molecule has 1 unspecified atom stereocenters. The van der Waals surface area contributed by atoms with E-state index in [-0.39, 0.29) is 12.6 Å². The normalized spacial score (nSPS) is 11.6. The lowest BCUT2D eigenvalue weighted by Crippen LogP contribution is -2.18. The van der Waals surface area contributed by atoms with E-state index in [0.29, 0.717) is 18.0 Å². The molecular weight excluding hydrogens is 264 g/mol. The lowest BCUT2D eigenvalue weighted by molar-refractivity contribution is 0.368. The van der Waals surface area contributed by atoms with Crippen LogP contribution >= 0.6 is 0 Å². The van der Waals surface area contributed by atoms with Crippen molar-refractivity contribution in [3.8, 4) is 17.6 Å². The van der Waals surface area contributed by atoms with Gasteiger partial charge in [0.2, 0.25) is 0 Å². The summed E-state index contributed by atoms with van der Waals surface area (Å²) in [6.45, 7) is 2.71. The summed E-state index contributed by atoms with van der Waals surface area (Å²) in [5, 5.41) is 21.6. The number of hydrogen-bond donors (Lipinski definition) is 2. The Labute approximate surface area is 124 Å². The molecule has 0 amide bonds. The topological polar surface area (TPSA) is 65.3 Å². The van der Waals surface area contributed by atoms with E-state index in [1.54, 1.807) is 6.07 Å². The first-order chi connectivity index (χ1) is 10.2. The first-order valence-corrected chi connectivity index (χ1v) is 6.80. The van der Waals surface area contributed by atoms with Crippen LogP contribution in [0, 0.1) is 11.3 Å². The minimum atomic E-state index is 0.0560. The summed E-state index contributed by atoms with van der Waals surface area (Å²) in [5.41, 5.74) is 1.99. The first kappa shape index (κ1) is 14.9. The van der Waals surface area contributed by atoms with Crippen molar-refractivity contribution in [2.45, 2.75) is 19.5 Å². The van der Waals surface area contributed by atoms with Gasteiger partial charge in [-0.1, -0.05) is 30.3 Å². The van der Waals surface area contributed by atoms with Gasteiger partial charge in [0.15, 0.2) is 6.61 Å². The zero-order valence-electron chi connectivity index (χ0n) is 11.9. The van der Waals surface area contributed by atoms with Crippen molar-refractivity contribution in [1.82, 2.24) is 5.32 Å². The average molecular weight is 282 g/mol. The van der Waals surface area contributed by atoms with Gasteiger partial charge in [-0.15, -0.1) is 0 Å². The predicted molar refractivity (Wildman–Crippen MR) is 80.9 cm³/mol. The van der Waals surface area contributed by atoms with E-state index in [4.69, 9.17) is 10.00 Å². The molecule has 0 saturated carbocycles. The Kier molecular flexibility index (Phi) is 5.19. The standard InChI is InChI=1S/C17H18N2O2/c1-13(19-12-15-4-2-3-5-17(15)20)14-6-8-16(9-7-14)21-11-10-18/h2-9,13,19-20H,11-12H2,1H3. The molecule has 2 N–H and O–H groups in total. The van der Waals surface area contributed by atoms with E-state index in [0.717, 1.165) is 11.1 Å². The van der Waals surface area contributed by atoms with Gasteiger partial charge in [-0.2, -0.15) is 5.26 Å². The molecule has 2 aromatic rings. The van der Waals surface area contributed by atoms with Crippen LogP contribution in [0.25, 0.3) is 0 Å². The molecule has 4 heteroatoms. The number of hydrogen-bond acceptors (Lipinski definition) is 4. The maximum Gasteiger partial charge on any atom is 0.174 e. The Hall–Kier alpha value is -2.51. The van der Waals surface area contributed by atoms with Gasteiger partial charge in [0.25, 0.3) is 0 Å². The summed E-state index contributed by atoms with van der Waals surface area (Å²) in [6.07, 6.45) is 0. The highest BCUT2D eigenvalue weighted by molar-refractivity contribution is 5.32. The highest BCUT2D eigenvalue weighted by Crippen LogP contribution is 2.20. The second kappa shape index (κ2) is 7.32. The van der Waals surface area contributed by atoms with Gasteiger partial charge in [0.05, 0.1) is 0 Å². The number of para-hydroxylation sites is 1. The molecule has 0 bridgehead atoms. The fourth-order valence-corrected chi connectivity index (χ4v) is 2.01. The van der Waals surface area contributed by atoms with Crippen LogP contribution in [0.2, 0.25) is 0 Å². The smallest absolute Gasteiger partial charge is 0.174 e. The number of nitriles is 1. The SMILES string of the molecule is CC(NCc1ccccc1O)c1ccc(OCC#N)cc1. The maximum absolute atomic E-state index is 9.73. The molecule has 0 aliphatic carbocycles. The van der Waals surface area contributed by atoms with Crippen molar-refractivity contribution in [1.29, 1.82) is 5.26 Å². The summed E-state index contributed by atoms with van der Waals surface area (Å²) in [6, 6.07) is 17.0. The zero-order chi connectivity index (χ0) is 15.1. The van der Waals surface area contributed by atoms with E-state index >= 15 is 0 Å². The molecule has 108 valence electrons. The van der Waals surface area contributed by atoms with E-state index in [1.165, 1.54) is 0 Å².